The Balaban J connectivity index is 2.15. The molecule has 88 valence electrons. The van der Waals surface area contributed by atoms with Crippen LogP contribution in [0, 0.1) is 0 Å². The highest BCUT2D eigenvalue weighted by atomic mass is 35.5. The minimum Gasteiger partial charge on any atom is -0.439 e. The van der Waals surface area contributed by atoms with Gasteiger partial charge < -0.3 is 10.1 Å². The van der Waals surface area contributed by atoms with Gasteiger partial charge in [-0.1, -0.05) is 17.7 Å². The lowest BCUT2D eigenvalue weighted by Gasteiger charge is -2.06. The molecular formula is C12H12ClN3O. The van der Waals surface area contributed by atoms with Crippen molar-refractivity contribution in [3.05, 3.63) is 41.7 Å². The molecule has 0 radical (unpaired) electrons. The van der Waals surface area contributed by atoms with Gasteiger partial charge in [-0.15, -0.1) is 0 Å². The fourth-order valence-corrected chi connectivity index (χ4v) is 1.50. The van der Waals surface area contributed by atoms with E-state index in [0.29, 0.717) is 16.7 Å². The highest BCUT2D eigenvalue weighted by molar-refractivity contribution is 6.30. The van der Waals surface area contributed by atoms with Crippen LogP contribution in [0.15, 0.2) is 36.7 Å². The first-order valence-corrected chi connectivity index (χ1v) is 5.65. The Labute approximate surface area is 105 Å². The van der Waals surface area contributed by atoms with E-state index in [9.17, 15) is 0 Å². The van der Waals surface area contributed by atoms with Crippen molar-refractivity contribution in [1.29, 1.82) is 0 Å². The van der Waals surface area contributed by atoms with Crippen molar-refractivity contribution >= 4 is 17.4 Å². The number of ether oxygens (including phenoxy) is 1. The third-order valence-electron chi connectivity index (χ3n) is 2.02. The Morgan fingerprint density at radius 2 is 2.18 bits per heavy atom. The van der Waals surface area contributed by atoms with Crippen molar-refractivity contribution in [2.24, 2.45) is 0 Å². The lowest BCUT2D eigenvalue weighted by Crippen LogP contribution is -2.00. The predicted octanol–water partition coefficient (Wildman–Crippen LogP) is 3.35. The van der Waals surface area contributed by atoms with Gasteiger partial charge in [-0.25, -0.2) is 9.97 Å². The number of aromatic nitrogens is 2. The van der Waals surface area contributed by atoms with E-state index in [1.165, 1.54) is 6.33 Å². The fourth-order valence-electron chi connectivity index (χ4n) is 1.32. The van der Waals surface area contributed by atoms with Gasteiger partial charge in [-0.2, -0.15) is 0 Å². The van der Waals surface area contributed by atoms with Crippen LogP contribution in [-0.4, -0.2) is 16.5 Å². The predicted molar refractivity (Wildman–Crippen MR) is 67.7 cm³/mol. The van der Waals surface area contributed by atoms with E-state index >= 15 is 0 Å². The summed E-state index contributed by atoms with van der Waals surface area (Å²) in [6.07, 6.45) is 1.46. The molecule has 17 heavy (non-hydrogen) atoms. The number of nitrogens with one attached hydrogen (secondary N) is 1. The number of hydrogen-bond acceptors (Lipinski definition) is 4. The molecule has 0 fully saturated rings. The number of rotatable bonds is 4. The Morgan fingerprint density at radius 3 is 2.94 bits per heavy atom. The molecular weight excluding hydrogens is 238 g/mol. The second kappa shape index (κ2) is 5.50. The largest absolute Gasteiger partial charge is 0.439 e. The first-order chi connectivity index (χ1) is 8.28. The molecule has 1 heterocycles. The topological polar surface area (TPSA) is 47.0 Å². The number of anilines is 1. The zero-order valence-corrected chi connectivity index (χ0v) is 10.1. The number of nitrogens with zero attached hydrogens (tertiary/aromatic N) is 2. The number of halogens is 1. The van der Waals surface area contributed by atoms with E-state index in [1.54, 1.807) is 18.2 Å². The van der Waals surface area contributed by atoms with E-state index in [0.717, 1.165) is 12.4 Å². The van der Waals surface area contributed by atoms with Crippen molar-refractivity contribution in [1.82, 2.24) is 9.97 Å². The maximum absolute atomic E-state index is 5.87. The summed E-state index contributed by atoms with van der Waals surface area (Å²) >= 11 is 5.87. The molecule has 0 saturated carbocycles. The van der Waals surface area contributed by atoms with E-state index in [2.05, 4.69) is 15.3 Å². The Bertz CT molecular complexity index is 505. The summed E-state index contributed by atoms with van der Waals surface area (Å²) in [6, 6.07) is 8.91. The first kappa shape index (κ1) is 11.7. The highest BCUT2D eigenvalue weighted by Crippen LogP contribution is 2.23. The van der Waals surface area contributed by atoms with E-state index < -0.39 is 0 Å². The van der Waals surface area contributed by atoms with Gasteiger partial charge in [0.1, 0.15) is 17.9 Å². The smallest absolute Gasteiger partial charge is 0.224 e. The van der Waals surface area contributed by atoms with Crippen LogP contribution in [0.4, 0.5) is 5.82 Å². The van der Waals surface area contributed by atoms with Crippen LogP contribution < -0.4 is 10.1 Å². The van der Waals surface area contributed by atoms with Crippen LogP contribution in [0.1, 0.15) is 6.92 Å². The molecule has 5 heteroatoms. The maximum Gasteiger partial charge on any atom is 0.224 e. The number of hydrogen-bond donors (Lipinski definition) is 1. The summed E-state index contributed by atoms with van der Waals surface area (Å²) in [7, 11) is 0. The summed E-state index contributed by atoms with van der Waals surface area (Å²) in [5.74, 6) is 1.87. The summed E-state index contributed by atoms with van der Waals surface area (Å²) in [6.45, 7) is 2.80. The van der Waals surface area contributed by atoms with Gasteiger partial charge in [0.2, 0.25) is 5.88 Å². The Morgan fingerprint density at radius 1 is 1.29 bits per heavy atom. The van der Waals surface area contributed by atoms with Crippen LogP contribution in [0.2, 0.25) is 5.02 Å². The maximum atomic E-state index is 5.87. The van der Waals surface area contributed by atoms with Crippen LogP contribution >= 0.6 is 11.6 Å². The average molecular weight is 250 g/mol. The molecule has 2 aromatic rings. The monoisotopic (exact) mass is 249 g/mol. The normalized spacial score (nSPS) is 10.0. The van der Waals surface area contributed by atoms with Crippen molar-refractivity contribution in [3.8, 4) is 11.6 Å². The molecule has 0 saturated heterocycles. The summed E-state index contributed by atoms with van der Waals surface area (Å²) in [5, 5.41) is 3.72. The zero-order chi connectivity index (χ0) is 12.1. The van der Waals surface area contributed by atoms with Gasteiger partial charge >= 0.3 is 0 Å². The third kappa shape index (κ3) is 3.32. The lowest BCUT2D eigenvalue weighted by molar-refractivity contribution is 0.462. The quantitative estimate of drug-likeness (QED) is 0.903. The van der Waals surface area contributed by atoms with Crippen molar-refractivity contribution in [2.75, 3.05) is 11.9 Å². The second-order valence-electron chi connectivity index (χ2n) is 3.33. The molecule has 0 bridgehead atoms. The highest BCUT2D eigenvalue weighted by Gasteiger charge is 2.01. The van der Waals surface area contributed by atoms with Crippen molar-refractivity contribution in [2.45, 2.75) is 6.92 Å². The summed E-state index contributed by atoms with van der Waals surface area (Å²) in [5.41, 5.74) is 0. The lowest BCUT2D eigenvalue weighted by atomic mass is 10.3. The molecule has 0 unspecified atom stereocenters. The van der Waals surface area contributed by atoms with Crippen LogP contribution in [0.3, 0.4) is 0 Å². The Hall–Kier alpha value is -1.81. The second-order valence-corrected chi connectivity index (χ2v) is 3.77. The van der Waals surface area contributed by atoms with Crippen LogP contribution in [0.25, 0.3) is 0 Å². The summed E-state index contributed by atoms with van der Waals surface area (Å²) in [4.78, 5) is 8.09. The molecule has 1 aromatic carbocycles. The fraction of sp³-hybridized carbons (Fsp3) is 0.167. The molecule has 1 N–H and O–H groups in total. The zero-order valence-electron chi connectivity index (χ0n) is 9.35. The van der Waals surface area contributed by atoms with Gasteiger partial charge in [0, 0.05) is 17.6 Å². The van der Waals surface area contributed by atoms with Crippen molar-refractivity contribution in [3.63, 3.8) is 0 Å². The Kier molecular flexibility index (Phi) is 3.77. The molecule has 0 atom stereocenters. The number of benzene rings is 1. The van der Waals surface area contributed by atoms with Crippen LogP contribution in [-0.2, 0) is 0 Å². The molecule has 0 aliphatic rings. The van der Waals surface area contributed by atoms with Gasteiger partial charge in [0.15, 0.2) is 0 Å². The SMILES string of the molecule is CCNc1cc(Oc2cccc(Cl)c2)ncn1. The summed E-state index contributed by atoms with van der Waals surface area (Å²) < 4.78 is 5.57. The minimum absolute atomic E-state index is 0.484. The standard InChI is InChI=1S/C12H12ClN3O/c1-2-14-11-7-12(16-8-15-11)17-10-5-3-4-9(13)6-10/h3-8H,2H2,1H3,(H,14,15,16). The van der Waals surface area contributed by atoms with Crippen molar-refractivity contribution < 1.29 is 4.74 Å². The third-order valence-corrected chi connectivity index (χ3v) is 2.25. The molecule has 0 aliphatic heterocycles. The minimum atomic E-state index is 0.484. The molecule has 4 nitrogen and oxygen atoms in total. The average Bonchev–Trinajstić information content (AvgIpc) is 2.30. The van der Waals surface area contributed by atoms with Gasteiger partial charge in [-0.3, -0.25) is 0 Å². The molecule has 0 aliphatic carbocycles. The molecule has 0 amide bonds. The van der Waals surface area contributed by atoms with Gasteiger partial charge in [-0.05, 0) is 25.1 Å². The molecule has 1 aromatic heterocycles. The van der Waals surface area contributed by atoms with Crippen LogP contribution in [0.5, 0.6) is 11.6 Å². The molecule has 0 spiro atoms. The van der Waals surface area contributed by atoms with Gasteiger partial charge in [0.05, 0.1) is 0 Å². The first-order valence-electron chi connectivity index (χ1n) is 5.27. The molecule has 2 rings (SSSR count). The van der Waals surface area contributed by atoms with E-state index in [4.69, 9.17) is 16.3 Å². The van der Waals surface area contributed by atoms with E-state index in [-0.39, 0.29) is 0 Å². The van der Waals surface area contributed by atoms with Gasteiger partial charge in [0.25, 0.3) is 0 Å². The van der Waals surface area contributed by atoms with E-state index in [1.807, 2.05) is 19.1 Å².